The quantitative estimate of drug-likeness (QED) is 0.508. The molecule has 0 bridgehead atoms. The predicted octanol–water partition coefficient (Wildman–Crippen LogP) is 3.52. The first-order chi connectivity index (χ1) is 17.7. The van der Waals surface area contributed by atoms with E-state index in [0.29, 0.717) is 18.7 Å². The van der Waals surface area contributed by atoms with Crippen LogP contribution < -0.4 is 4.74 Å². The highest BCUT2D eigenvalue weighted by Crippen LogP contribution is 2.36. The van der Waals surface area contributed by atoms with E-state index in [9.17, 15) is 18.8 Å². The third-order valence-corrected chi connectivity index (χ3v) is 8.66. The fraction of sp³-hybridized carbons (Fsp3) is 0.357. The maximum absolute atomic E-state index is 13.7. The number of sulfonamides is 1. The normalized spacial score (nSPS) is 20.2. The molecule has 9 heteroatoms. The Bertz CT molecular complexity index is 1370. The van der Waals surface area contributed by atoms with Crippen LogP contribution in [0.4, 0.5) is 0 Å². The van der Waals surface area contributed by atoms with E-state index in [1.165, 1.54) is 4.31 Å². The number of aromatic nitrogens is 1. The Balaban J connectivity index is 1.74. The molecule has 37 heavy (non-hydrogen) atoms. The van der Waals surface area contributed by atoms with Crippen LogP contribution in [0, 0.1) is 17.2 Å². The Morgan fingerprint density at radius 1 is 1.19 bits per heavy atom. The van der Waals surface area contributed by atoms with Crippen molar-refractivity contribution in [2.45, 2.75) is 37.4 Å². The highest BCUT2D eigenvalue weighted by atomic mass is 32.2. The topological polar surface area (TPSA) is 107 Å². The van der Waals surface area contributed by atoms with Gasteiger partial charge >= 0.3 is 0 Å². The molecule has 0 spiro atoms. The summed E-state index contributed by atoms with van der Waals surface area (Å²) in [4.78, 5) is 6.58. The monoisotopic (exact) mass is 520 g/mol. The molecule has 1 N–H and O–H groups in total. The van der Waals surface area contributed by atoms with Crippen LogP contribution in [0.1, 0.15) is 25.1 Å². The Hall–Kier alpha value is -3.29. The smallest absolute Gasteiger partial charge is 0.247 e. The molecule has 0 saturated carbocycles. The van der Waals surface area contributed by atoms with Gasteiger partial charge < -0.3 is 9.84 Å². The third-order valence-electron chi connectivity index (χ3n) is 6.64. The van der Waals surface area contributed by atoms with Crippen molar-refractivity contribution in [3.63, 3.8) is 0 Å². The summed E-state index contributed by atoms with van der Waals surface area (Å²) in [6, 6.07) is 19.5. The van der Waals surface area contributed by atoms with Crippen LogP contribution in [-0.4, -0.2) is 66.6 Å². The van der Waals surface area contributed by atoms with Gasteiger partial charge in [0.2, 0.25) is 10.0 Å². The highest BCUT2D eigenvalue weighted by molar-refractivity contribution is 7.89. The van der Waals surface area contributed by atoms with Gasteiger partial charge in [0.05, 0.1) is 23.9 Å². The van der Waals surface area contributed by atoms with Crippen LogP contribution in [0.2, 0.25) is 0 Å². The van der Waals surface area contributed by atoms with Gasteiger partial charge in [-0.15, -0.1) is 0 Å². The molecule has 0 amide bonds. The molecule has 4 rings (SSSR count). The maximum Gasteiger partial charge on any atom is 0.247 e. The summed E-state index contributed by atoms with van der Waals surface area (Å²) < 4.78 is 35.3. The van der Waals surface area contributed by atoms with Gasteiger partial charge in [-0.05, 0) is 61.5 Å². The van der Waals surface area contributed by atoms with Gasteiger partial charge in [-0.25, -0.2) is 8.42 Å². The second kappa shape index (κ2) is 11.4. The van der Waals surface area contributed by atoms with E-state index < -0.39 is 16.1 Å². The van der Waals surface area contributed by atoms with E-state index in [4.69, 9.17) is 4.74 Å². The first kappa shape index (κ1) is 26.8. The maximum atomic E-state index is 13.7. The molecule has 0 fully saturated rings. The predicted molar refractivity (Wildman–Crippen MR) is 141 cm³/mol. The van der Waals surface area contributed by atoms with Crippen molar-refractivity contribution in [3.8, 4) is 22.9 Å². The number of hydrogen-bond acceptors (Lipinski definition) is 7. The number of pyridine rings is 1. The van der Waals surface area contributed by atoms with E-state index in [0.717, 1.165) is 16.8 Å². The zero-order valence-corrected chi connectivity index (χ0v) is 22.1. The Morgan fingerprint density at radius 2 is 1.97 bits per heavy atom. The summed E-state index contributed by atoms with van der Waals surface area (Å²) in [7, 11) is -1.94. The number of nitrogens with zero attached hydrogens (tertiary/aromatic N) is 4. The lowest BCUT2D eigenvalue weighted by Gasteiger charge is -2.37. The molecule has 0 aliphatic carbocycles. The average Bonchev–Trinajstić information content (AvgIpc) is 2.90. The fourth-order valence-electron chi connectivity index (χ4n) is 4.53. The summed E-state index contributed by atoms with van der Waals surface area (Å²) in [5.41, 5.74) is 2.99. The molecule has 0 unspecified atom stereocenters. The summed E-state index contributed by atoms with van der Waals surface area (Å²) in [5, 5.41) is 19.2. The first-order valence-corrected chi connectivity index (χ1v) is 13.7. The number of nitriles is 1. The standard InChI is InChI=1S/C28H32N4O4S/c1-20-16-32(21(2)19-33)37(34,35)28-11-10-24(23-8-6-7-22(13-23)15-29)14-26(28)36-27(20)18-31(3)17-25-9-4-5-12-30-25/h4-14,20-21,27,33H,16-19H2,1-3H3/t20-,21-,27-/m1/s1. The molecule has 3 atom stereocenters. The molecule has 1 aromatic heterocycles. The lowest BCUT2D eigenvalue weighted by Crippen LogP contribution is -2.49. The van der Waals surface area contributed by atoms with E-state index in [1.54, 1.807) is 49.5 Å². The molecule has 3 aromatic rings. The first-order valence-electron chi connectivity index (χ1n) is 12.3. The van der Waals surface area contributed by atoms with E-state index in [1.807, 2.05) is 38.2 Å². The van der Waals surface area contributed by atoms with Crippen molar-refractivity contribution in [2.24, 2.45) is 5.92 Å². The zero-order chi connectivity index (χ0) is 26.6. The molecule has 1 aliphatic rings. The lowest BCUT2D eigenvalue weighted by molar-refractivity contribution is 0.0731. The number of rotatable bonds is 7. The van der Waals surface area contributed by atoms with E-state index >= 15 is 0 Å². The van der Waals surface area contributed by atoms with E-state index in [-0.39, 0.29) is 35.8 Å². The number of aliphatic hydroxyl groups excluding tert-OH is 1. The molecule has 0 radical (unpaired) electrons. The highest BCUT2D eigenvalue weighted by Gasteiger charge is 2.38. The Labute approximate surface area is 218 Å². The molecule has 2 aromatic carbocycles. The van der Waals surface area contributed by atoms with E-state index in [2.05, 4.69) is 16.0 Å². The minimum atomic E-state index is -3.93. The molecule has 2 heterocycles. The number of hydrogen-bond donors (Lipinski definition) is 1. The number of aliphatic hydroxyl groups is 1. The summed E-state index contributed by atoms with van der Waals surface area (Å²) in [5.74, 6) is 0.103. The van der Waals surface area contributed by atoms with Crippen molar-refractivity contribution >= 4 is 10.0 Å². The van der Waals surface area contributed by atoms with Gasteiger partial charge in [-0.2, -0.15) is 9.57 Å². The van der Waals surface area contributed by atoms with Crippen LogP contribution in [0.5, 0.6) is 5.75 Å². The van der Waals surface area contributed by atoms with Crippen LogP contribution in [0.3, 0.4) is 0 Å². The second-order valence-corrected chi connectivity index (χ2v) is 11.5. The largest absolute Gasteiger partial charge is 0.487 e. The summed E-state index contributed by atoms with van der Waals surface area (Å²) >= 11 is 0. The molecule has 194 valence electrons. The SMILES string of the molecule is C[C@@H]1CN([C@H](C)CO)S(=O)(=O)c2ccc(-c3cccc(C#N)c3)cc2O[C@@H]1CN(C)Cc1ccccn1. The number of ether oxygens (including phenoxy) is 1. The molecule has 1 aliphatic heterocycles. The number of likely N-dealkylation sites (N-methyl/N-ethyl adjacent to an activating group) is 1. The van der Waals surface area contributed by atoms with Crippen molar-refractivity contribution < 1.29 is 18.3 Å². The minimum Gasteiger partial charge on any atom is -0.487 e. The number of fused-ring (bicyclic) bond motifs is 1. The second-order valence-electron chi connectivity index (χ2n) is 9.61. The summed E-state index contributed by atoms with van der Waals surface area (Å²) in [6.45, 7) is 4.78. The van der Waals surface area contributed by atoms with Gasteiger partial charge in [0.1, 0.15) is 16.7 Å². The van der Waals surface area contributed by atoms with Crippen molar-refractivity contribution in [3.05, 3.63) is 78.1 Å². The van der Waals surface area contributed by atoms with Crippen LogP contribution >= 0.6 is 0 Å². The zero-order valence-electron chi connectivity index (χ0n) is 21.3. The van der Waals surface area contributed by atoms with Gasteiger partial charge in [0.25, 0.3) is 0 Å². The molecular weight excluding hydrogens is 488 g/mol. The number of benzene rings is 2. The van der Waals surface area contributed by atoms with Gasteiger partial charge in [0.15, 0.2) is 0 Å². The molecule has 0 saturated heterocycles. The molecule has 8 nitrogen and oxygen atoms in total. The minimum absolute atomic E-state index is 0.0669. The Morgan fingerprint density at radius 3 is 2.68 bits per heavy atom. The fourth-order valence-corrected chi connectivity index (χ4v) is 6.36. The van der Waals surface area contributed by atoms with Crippen molar-refractivity contribution in [1.29, 1.82) is 5.26 Å². The molecular formula is C28H32N4O4S. The summed E-state index contributed by atoms with van der Waals surface area (Å²) in [6.07, 6.45) is 1.44. The third kappa shape index (κ3) is 6.00. The van der Waals surface area contributed by atoms with Crippen molar-refractivity contribution in [1.82, 2.24) is 14.2 Å². The Kier molecular flexibility index (Phi) is 8.25. The van der Waals surface area contributed by atoms with Gasteiger partial charge in [0, 0.05) is 37.8 Å². The average molecular weight is 521 g/mol. The lowest BCUT2D eigenvalue weighted by atomic mass is 10.0. The van der Waals surface area contributed by atoms with Crippen LogP contribution in [-0.2, 0) is 16.6 Å². The van der Waals surface area contributed by atoms with Gasteiger partial charge in [-0.1, -0.05) is 31.2 Å². The van der Waals surface area contributed by atoms with Crippen LogP contribution in [0.25, 0.3) is 11.1 Å². The van der Waals surface area contributed by atoms with Crippen LogP contribution in [0.15, 0.2) is 71.8 Å². The van der Waals surface area contributed by atoms with Gasteiger partial charge in [-0.3, -0.25) is 9.88 Å². The van der Waals surface area contributed by atoms with Crippen molar-refractivity contribution in [2.75, 3.05) is 26.7 Å².